The minimum atomic E-state index is -4.46. The van der Waals surface area contributed by atoms with Gasteiger partial charge in [0.15, 0.2) is 11.7 Å². The predicted molar refractivity (Wildman–Crippen MR) is 107 cm³/mol. The van der Waals surface area contributed by atoms with Gasteiger partial charge in [-0.15, -0.1) is 24.0 Å². The third kappa shape index (κ3) is 5.48. The first kappa shape index (κ1) is 23.0. The number of halogens is 4. The second kappa shape index (κ2) is 9.77. The van der Waals surface area contributed by atoms with Crippen LogP contribution in [0.3, 0.4) is 0 Å². The van der Waals surface area contributed by atoms with E-state index >= 15 is 0 Å². The fourth-order valence-electron chi connectivity index (χ4n) is 3.38. The predicted octanol–water partition coefficient (Wildman–Crippen LogP) is 2.55. The number of nitrogens with one attached hydrogen (secondary N) is 1. The largest absolute Gasteiger partial charge is 0.435 e. The quantitative estimate of drug-likeness (QED) is 0.394. The number of nitrogens with zero attached hydrogens (tertiary/aromatic N) is 5. The zero-order valence-electron chi connectivity index (χ0n) is 15.7. The Morgan fingerprint density at radius 1 is 1.38 bits per heavy atom. The summed E-state index contributed by atoms with van der Waals surface area (Å²) in [6.07, 6.45) is -2.03. The zero-order chi connectivity index (χ0) is 18.6. The Morgan fingerprint density at radius 2 is 2.04 bits per heavy atom. The molecule has 26 heavy (non-hydrogen) atoms. The second-order valence-electron chi connectivity index (χ2n) is 6.18. The fourth-order valence-corrected chi connectivity index (χ4v) is 3.38. The van der Waals surface area contributed by atoms with Crippen molar-refractivity contribution in [3.8, 4) is 0 Å². The van der Waals surface area contributed by atoms with Crippen molar-refractivity contribution in [2.24, 2.45) is 12.0 Å². The van der Waals surface area contributed by atoms with E-state index in [1.165, 1.54) is 17.9 Å². The van der Waals surface area contributed by atoms with Crippen molar-refractivity contribution in [3.05, 3.63) is 17.5 Å². The number of hydrogen-bond donors (Lipinski definition) is 1. The van der Waals surface area contributed by atoms with Crippen molar-refractivity contribution in [3.63, 3.8) is 0 Å². The van der Waals surface area contributed by atoms with Gasteiger partial charge in [-0.1, -0.05) is 13.8 Å². The Kier molecular flexibility index (Phi) is 8.64. The first-order chi connectivity index (χ1) is 11.8. The molecule has 1 unspecified atom stereocenters. The second-order valence-corrected chi connectivity index (χ2v) is 6.18. The van der Waals surface area contributed by atoms with Gasteiger partial charge >= 0.3 is 6.18 Å². The molecule has 0 bridgehead atoms. The van der Waals surface area contributed by atoms with Gasteiger partial charge in [-0.25, -0.2) is 0 Å². The summed E-state index contributed by atoms with van der Waals surface area (Å²) in [5, 5.41) is 6.59. The highest BCUT2D eigenvalue weighted by molar-refractivity contribution is 14.0. The summed E-state index contributed by atoms with van der Waals surface area (Å²) in [5.41, 5.74) is -0.726. The van der Waals surface area contributed by atoms with E-state index in [1.807, 2.05) is 0 Å². The summed E-state index contributed by atoms with van der Waals surface area (Å²) < 4.78 is 40.3. The minimum Gasteiger partial charge on any atom is -0.352 e. The number of aromatic nitrogens is 2. The highest BCUT2D eigenvalue weighted by Gasteiger charge is 2.37. The molecule has 0 amide bonds. The molecule has 2 heterocycles. The van der Waals surface area contributed by atoms with Gasteiger partial charge < -0.3 is 10.2 Å². The molecule has 0 radical (unpaired) electrons. The number of likely N-dealkylation sites (tertiary alicyclic amines) is 1. The third-order valence-corrected chi connectivity index (χ3v) is 4.61. The molecule has 1 atom stereocenters. The number of rotatable bonds is 5. The van der Waals surface area contributed by atoms with E-state index in [0.717, 1.165) is 32.6 Å². The van der Waals surface area contributed by atoms with Crippen LogP contribution in [0.15, 0.2) is 11.2 Å². The lowest BCUT2D eigenvalue weighted by atomic mass is 10.2. The van der Waals surface area contributed by atoms with E-state index in [-0.39, 0.29) is 36.1 Å². The maximum absolute atomic E-state index is 13.0. The molecule has 1 aromatic rings. The maximum Gasteiger partial charge on any atom is 0.435 e. The van der Waals surface area contributed by atoms with Crippen LogP contribution in [0.25, 0.3) is 0 Å². The summed E-state index contributed by atoms with van der Waals surface area (Å²) in [4.78, 5) is 8.74. The fraction of sp³-hybridized carbons (Fsp3) is 0.750. The molecule has 0 spiro atoms. The summed E-state index contributed by atoms with van der Waals surface area (Å²) >= 11 is 0. The van der Waals surface area contributed by atoms with Crippen LogP contribution >= 0.6 is 24.0 Å². The Hall–Kier alpha value is -1.04. The van der Waals surface area contributed by atoms with Crippen molar-refractivity contribution in [2.45, 2.75) is 39.0 Å². The highest BCUT2D eigenvalue weighted by Crippen LogP contribution is 2.30. The molecule has 0 saturated carbocycles. The molecule has 1 aromatic heterocycles. The first-order valence-electron chi connectivity index (χ1n) is 8.59. The van der Waals surface area contributed by atoms with Gasteiger partial charge in [0, 0.05) is 51.5 Å². The molecule has 10 heteroatoms. The van der Waals surface area contributed by atoms with Crippen LogP contribution in [0.4, 0.5) is 13.2 Å². The number of guanidine groups is 1. The molecule has 1 aliphatic rings. The van der Waals surface area contributed by atoms with E-state index in [2.05, 4.69) is 39.1 Å². The standard InChI is InChI=1S/C16H27F3N6.HI/c1-5-24(6-2)13-7-8-25(11-13)15(20-3)21-9-12-10-23(4)22-14(12)16(17,18)19;/h10,13H,5-9,11H2,1-4H3,(H,20,21);1H. The van der Waals surface area contributed by atoms with Gasteiger partial charge in [-0.3, -0.25) is 14.6 Å². The van der Waals surface area contributed by atoms with E-state index in [9.17, 15) is 13.2 Å². The van der Waals surface area contributed by atoms with Crippen molar-refractivity contribution in [2.75, 3.05) is 33.2 Å². The Bertz CT molecular complexity index is 597. The third-order valence-electron chi connectivity index (χ3n) is 4.61. The number of hydrogen-bond acceptors (Lipinski definition) is 3. The molecule has 6 nitrogen and oxygen atoms in total. The average molecular weight is 488 g/mol. The van der Waals surface area contributed by atoms with Crippen molar-refractivity contribution < 1.29 is 13.2 Å². The molecule has 2 rings (SSSR count). The van der Waals surface area contributed by atoms with E-state index in [0.29, 0.717) is 12.0 Å². The topological polar surface area (TPSA) is 48.7 Å². The van der Waals surface area contributed by atoms with Gasteiger partial charge in [0.25, 0.3) is 0 Å². The first-order valence-corrected chi connectivity index (χ1v) is 8.59. The maximum atomic E-state index is 13.0. The summed E-state index contributed by atoms with van der Waals surface area (Å²) in [5.74, 6) is 0.631. The lowest BCUT2D eigenvalue weighted by molar-refractivity contribution is -0.142. The summed E-state index contributed by atoms with van der Waals surface area (Å²) in [6, 6.07) is 0.456. The molecular formula is C16H28F3IN6. The van der Waals surface area contributed by atoms with Crippen molar-refractivity contribution in [1.29, 1.82) is 0 Å². The van der Waals surface area contributed by atoms with Crippen molar-refractivity contribution >= 4 is 29.9 Å². The molecule has 1 fully saturated rings. The Balaban J connectivity index is 0.00000338. The molecule has 0 aromatic carbocycles. The van der Waals surface area contributed by atoms with Gasteiger partial charge in [-0.05, 0) is 19.5 Å². The van der Waals surface area contributed by atoms with Crippen LogP contribution < -0.4 is 5.32 Å². The Labute approximate surface area is 169 Å². The summed E-state index contributed by atoms with van der Waals surface area (Å²) in [7, 11) is 3.14. The van der Waals surface area contributed by atoms with Gasteiger partial charge in [0.1, 0.15) is 0 Å². The molecule has 150 valence electrons. The van der Waals surface area contributed by atoms with Crippen LogP contribution in [0.5, 0.6) is 0 Å². The van der Waals surface area contributed by atoms with Gasteiger partial charge in [-0.2, -0.15) is 18.3 Å². The number of likely N-dealkylation sites (N-methyl/N-ethyl adjacent to an activating group) is 1. The normalized spacial score (nSPS) is 18.4. The lowest BCUT2D eigenvalue weighted by Gasteiger charge is -2.27. The van der Waals surface area contributed by atoms with Crippen LogP contribution in [0, 0.1) is 0 Å². The monoisotopic (exact) mass is 488 g/mol. The number of alkyl halides is 3. The molecule has 1 aliphatic heterocycles. The van der Waals surface area contributed by atoms with Crippen LogP contribution in [-0.4, -0.2) is 64.8 Å². The zero-order valence-corrected chi connectivity index (χ0v) is 18.0. The van der Waals surface area contributed by atoms with Gasteiger partial charge in [0.05, 0.1) is 0 Å². The number of aryl methyl sites for hydroxylation is 1. The molecule has 1 saturated heterocycles. The summed E-state index contributed by atoms with van der Waals surface area (Å²) in [6.45, 7) is 7.99. The van der Waals surface area contributed by atoms with E-state index in [4.69, 9.17) is 0 Å². The Morgan fingerprint density at radius 3 is 2.58 bits per heavy atom. The van der Waals surface area contributed by atoms with Crippen LogP contribution in [-0.2, 0) is 19.8 Å². The van der Waals surface area contributed by atoms with Gasteiger partial charge in [0.2, 0.25) is 0 Å². The minimum absolute atomic E-state index is 0. The lowest BCUT2D eigenvalue weighted by Crippen LogP contribution is -2.43. The van der Waals surface area contributed by atoms with E-state index in [1.54, 1.807) is 7.05 Å². The highest BCUT2D eigenvalue weighted by atomic mass is 127. The number of aliphatic imine (C=N–C) groups is 1. The van der Waals surface area contributed by atoms with Crippen LogP contribution in [0.1, 0.15) is 31.5 Å². The average Bonchev–Trinajstić information content (AvgIpc) is 3.16. The van der Waals surface area contributed by atoms with Crippen molar-refractivity contribution in [1.82, 2.24) is 24.9 Å². The van der Waals surface area contributed by atoms with Crippen LogP contribution in [0.2, 0.25) is 0 Å². The molecular weight excluding hydrogens is 460 g/mol. The van der Waals surface area contributed by atoms with E-state index < -0.39 is 11.9 Å². The SMILES string of the molecule is CCN(CC)C1CCN(C(=NC)NCc2cn(C)nc2C(F)(F)F)C1.I. The molecule has 1 N–H and O–H groups in total. The molecule has 0 aliphatic carbocycles. The smallest absolute Gasteiger partial charge is 0.352 e.